The maximum Gasteiger partial charge on any atom is 0.397 e. The normalized spacial score (nSPS) is 22.9. The van der Waals surface area contributed by atoms with Crippen LogP contribution in [-0.4, -0.2) is 50.0 Å². The summed E-state index contributed by atoms with van der Waals surface area (Å²) in [5.41, 5.74) is -0.613. The lowest BCUT2D eigenvalue weighted by atomic mass is 9.81. The van der Waals surface area contributed by atoms with Crippen LogP contribution >= 0.6 is 0 Å². The third-order valence-corrected chi connectivity index (χ3v) is 2.63. The van der Waals surface area contributed by atoms with Crippen LogP contribution in [0.2, 0.25) is 0 Å². The second-order valence-corrected chi connectivity index (χ2v) is 3.90. The second kappa shape index (κ2) is 6.53. The average Bonchev–Trinajstić information content (AvgIpc) is 2.63. The average molecular weight is 227 g/mol. The van der Waals surface area contributed by atoms with Crippen molar-refractivity contribution in [1.82, 2.24) is 4.81 Å². The molecule has 5 nitrogen and oxygen atoms in total. The summed E-state index contributed by atoms with van der Waals surface area (Å²) in [6.07, 6.45) is 1.45. The van der Waals surface area contributed by atoms with Gasteiger partial charge in [0.15, 0.2) is 0 Å². The van der Waals surface area contributed by atoms with Crippen LogP contribution in [-0.2, 0) is 9.53 Å². The lowest BCUT2D eigenvalue weighted by molar-refractivity contribution is -0.120. The molecule has 2 atom stereocenters. The van der Waals surface area contributed by atoms with Gasteiger partial charge in [-0.1, -0.05) is 13.3 Å². The van der Waals surface area contributed by atoms with Gasteiger partial charge in [-0.15, -0.1) is 0 Å². The second-order valence-electron chi connectivity index (χ2n) is 3.90. The molecule has 0 aromatic heterocycles. The highest BCUT2D eigenvalue weighted by Crippen LogP contribution is 2.31. The lowest BCUT2D eigenvalue weighted by Gasteiger charge is -2.27. The van der Waals surface area contributed by atoms with Crippen molar-refractivity contribution < 1.29 is 19.4 Å². The molecule has 1 aliphatic heterocycles. The van der Waals surface area contributed by atoms with Crippen molar-refractivity contribution in [3.8, 4) is 0 Å². The molecule has 1 heterocycles. The van der Waals surface area contributed by atoms with Crippen molar-refractivity contribution in [1.29, 1.82) is 0 Å². The van der Waals surface area contributed by atoms with Crippen LogP contribution in [0.3, 0.4) is 0 Å². The van der Waals surface area contributed by atoms with Crippen LogP contribution in [0.4, 0.5) is 4.79 Å². The first-order chi connectivity index (χ1) is 7.53. The Morgan fingerprint density at radius 2 is 2.25 bits per heavy atom. The minimum absolute atomic E-state index is 0.286. The molecule has 0 aliphatic carbocycles. The number of rotatable bonds is 4. The summed E-state index contributed by atoms with van der Waals surface area (Å²) >= 11 is 0. The predicted molar refractivity (Wildman–Crippen MR) is 60.0 cm³/mol. The van der Waals surface area contributed by atoms with Crippen molar-refractivity contribution in [2.45, 2.75) is 32.8 Å². The molecule has 6 heteroatoms. The first-order valence-electron chi connectivity index (χ1n) is 5.17. The van der Waals surface area contributed by atoms with Crippen LogP contribution in [0.1, 0.15) is 26.7 Å². The fraction of sp³-hybridized carbons (Fsp3) is 0.800. The highest BCUT2D eigenvalue weighted by molar-refractivity contribution is 6.13. The summed E-state index contributed by atoms with van der Waals surface area (Å²) in [7, 11) is 6.36. The third-order valence-electron chi connectivity index (χ3n) is 2.63. The molecule has 1 amide bonds. The third kappa shape index (κ3) is 3.23. The Hall–Kier alpha value is -1.04. The van der Waals surface area contributed by atoms with Gasteiger partial charge in [0.2, 0.25) is 7.98 Å². The number of amides is 1. The number of ether oxygens (including phenoxy) is 1. The minimum atomic E-state index is -0.613. The Balaban J connectivity index is 0.00000106. The minimum Gasteiger partial charge on any atom is -0.444 e. The van der Waals surface area contributed by atoms with Crippen LogP contribution in [0, 0.1) is 5.41 Å². The molecule has 1 fully saturated rings. The number of hydrogen-bond donors (Lipinski definition) is 1. The highest BCUT2D eigenvalue weighted by Gasteiger charge is 2.41. The summed E-state index contributed by atoms with van der Waals surface area (Å²) in [5.74, 6) is 0. The predicted octanol–water partition coefficient (Wildman–Crippen LogP) is 0.504. The molecule has 1 aliphatic rings. The number of hydrogen-bond acceptors (Lipinski definition) is 4. The fourth-order valence-electron chi connectivity index (χ4n) is 1.66. The largest absolute Gasteiger partial charge is 0.444 e. The molecule has 16 heavy (non-hydrogen) atoms. The van der Waals surface area contributed by atoms with Crippen LogP contribution in [0.25, 0.3) is 0 Å². The molecular weight excluding hydrogens is 209 g/mol. The monoisotopic (exact) mass is 227 g/mol. The standard InChI is InChI=1S/C9H14BNO3.CH4O/c1-3-4-9(2,6-12)7-5-11(10)8(13)14-7;1-2/h6-7H,3-5H2,1-2H3;2H,1H3. The van der Waals surface area contributed by atoms with Crippen LogP contribution in [0.5, 0.6) is 0 Å². The number of carbonyl (C=O) groups excluding carboxylic acids is 2. The summed E-state index contributed by atoms with van der Waals surface area (Å²) in [6.45, 7) is 4.06. The Morgan fingerprint density at radius 3 is 2.56 bits per heavy atom. The van der Waals surface area contributed by atoms with Gasteiger partial charge in [0.25, 0.3) is 0 Å². The van der Waals surface area contributed by atoms with Gasteiger partial charge in [-0.25, -0.2) is 4.79 Å². The number of aliphatic hydroxyl groups excluding tert-OH is 1. The summed E-state index contributed by atoms with van der Waals surface area (Å²) in [6, 6.07) is 0. The van der Waals surface area contributed by atoms with Gasteiger partial charge in [0.05, 0.1) is 5.41 Å². The van der Waals surface area contributed by atoms with Crippen molar-refractivity contribution in [3.63, 3.8) is 0 Å². The Morgan fingerprint density at radius 1 is 1.69 bits per heavy atom. The number of cyclic esters (lactones) is 1. The molecule has 90 valence electrons. The molecule has 1 rings (SSSR count). The van der Waals surface area contributed by atoms with Crippen LogP contribution < -0.4 is 0 Å². The van der Waals surface area contributed by atoms with E-state index in [-0.39, 0.29) is 6.54 Å². The molecule has 2 radical (unpaired) electrons. The van der Waals surface area contributed by atoms with Crippen molar-refractivity contribution >= 4 is 20.4 Å². The number of aldehydes is 1. The topological polar surface area (TPSA) is 66.8 Å². The van der Waals surface area contributed by atoms with Gasteiger partial charge in [0.1, 0.15) is 12.4 Å². The lowest BCUT2D eigenvalue weighted by Crippen LogP contribution is -2.36. The zero-order chi connectivity index (χ0) is 12.8. The molecule has 0 aromatic carbocycles. The molecule has 1 saturated heterocycles. The van der Waals surface area contributed by atoms with Crippen LogP contribution in [0.15, 0.2) is 0 Å². The molecule has 0 bridgehead atoms. The first-order valence-corrected chi connectivity index (χ1v) is 5.17. The van der Waals surface area contributed by atoms with Gasteiger partial charge < -0.3 is 19.4 Å². The van der Waals surface area contributed by atoms with E-state index >= 15 is 0 Å². The zero-order valence-corrected chi connectivity index (χ0v) is 9.97. The van der Waals surface area contributed by atoms with E-state index in [1.807, 2.05) is 6.92 Å². The van der Waals surface area contributed by atoms with E-state index in [9.17, 15) is 9.59 Å². The van der Waals surface area contributed by atoms with Gasteiger partial charge in [-0.05, 0) is 13.3 Å². The Bertz CT molecular complexity index is 249. The quantitative estimate of drug-likeness (QED) is 0.561. The van der Waals surface area contributed by atoms with E-state index in [1.54, 1.807) is 6.92 Å². The van der Waals surface area contributed by atoms with Gasteiger partial charge in [-0.3, -0.25) is 0 Å². The first kappa shape index (κ1) is 15.0. The number of aliphatic hydroxyl groups is 1. The van der Waals surface area contributed by atoms with E-state index in [4.69, 9.17) is 17.8 Å². The maximum absolute atomic E-state index is 11.0. The summed E-state index contributed by atoms with van der Waals surface area (Å²) in [4.78, 5) is 23.0. The van der Waals surface area contributed by atoms with Gasteiger partial charge in [0, 0.05) is 13.7 Å². The molecule has 0 aromatic rings. The van der Waals surface area contributed by atoms with Crippen molar-refractivity contribution in [3.05, 3.63) is 0 Å². The van der Waals surface area contributed by atoms with E-state index in [2.05, 4.69) is 0 Å². The summed E-state index contributed by atoms with van der Waals surface area (Å²) < 4.78 is 5.01. The van der Waals surface area contributed by atoms with E-state index in [0.29, 0.717) is 6.42 Å². The maximum atomic E-state index is 11.0. The summed E-state index contributed by atoms with van der Waals surface area (Å²) in [5, 5.41) is 7.00. The van der Waals surface area contributed by atoms with Crippen molar-refractivity contribution in [2.75, 3.05) is 13.7 Å². The smallest absolute Gasteiger partial charge is 0.397 e. The molecule has 2 unspecified atom stereocenters. The van der Waals surface area contributed by atoms with Gasteiger partial charge >= 0.3 is 6.09 Å². The molecular formula is C10H18BNO4. The number of nitrogens with zero attached hydrogens (tertiary/aromatic N) is 1. The zero-order valence-electron chi connectivity index (χ0n) is 9.97. The van der Waals surface area contributed by atoms with E-state index in [0.717, 1.165) is 24.6 Å². The SMILES string of the molecule is CO.[B]N1CC(C(C)(C=O)CCC)OC1=O. The van der Waals surface area contributed by atoms with E-state index in [1.165, 1.54) is 0 Å². The van der Waals surface area contributed by atoms with Gasteiger partial charge in [-0.2, -0.15) is 0 Å². The molecule has 0 saturated carbocycles. The fourth-order valence-corrected chi connectivity index (χ4v) is 1.66. The number of carbonyl (C=O) groups is 2. The highest BCUT2D eigenvalue weighted by atomic mass is 16.6. The Labute approximate surface area is 97.2 Å². The Kier molecular flexibility index (Phi) is 6.10. The molecule has 0 spiro atoms. The molecule has 1 N–H and O–H groups in total. The van der Waals surface area contributed by atoms with Crippen molar-refractivity contribution in [2.24, 2.45) is 5.41 Å². The van der Waals surface area contributed by atoms with E-state index < -0.39 is 17.6 Å².